The molecule has 0 saturated carbocycles. The zero-order valence-electron chi connectivity index (χ0n) is 8.81. The molecule has 14 heavy (non-hydrogen) atoms. The quantitative estimate of drug-likeness (QED) is 0.702. The maximum absolute atomic E-state index is 9.83. The molecule has 0 amide bonds. The predicted molar refractivity (Wildman–Crippen MR) is 54.0 cm³/mol. The lowest BCUT2D eigenvalue weighted by Gasteiger charge is -2.11. The lowest BCUT2D eigenvalue weighted by atomic mass is 10.1. The first kappa shape index (κ1) is 11.2. The van der Waals surface area contributed by atoms with E-state index in [9.17, 15) is 5.11 Å². The SMILES string of the molecule is CCn1nccc1C(O)CCCOC. The molecule has 0 bridgehead atoms. The topological polar surface area (TPSA) is 47.3 Å². The van der Waals surface area contributed by atoms with Crippen molar-refractivity contribution < 1.29 is 9.84 Å². The van der Waals surface area contributed by atoms with Crippen molar-refractivity contribution in [3.63, 3.8) is 0 Å². The molecule has 0 saturated heterocycles. The Bertz CT molecular complexity index is 260. The van der Waals surface area contributed by atoms with Crippen LogP contribution in [0.25, 0.3) is 0 Å². The molecule has 0 aliphatic carbocycles. The van der Waals surface area contributed by atoms with Crippen molar-refractivity contribution in [2.75, 3.05) is 13.7 Å². The summed E-state index contributed by atoms with van der Waals surface area (Å²) in [4.78, 5) is 0. The Morgan fingerprint density at radius 2 is 2.43 bits per heavy atom. The van der Waals surface area contributed by atoms with Gasteiger partial charge >= 0.3 is 0 Å². The van der Waals surface area contributed by atoms with E-state index < -0.39 is 6.10 Å². The molecule has 0 aromatic carbocycles. The molecule has 4 nitrogen and oxygen atoms in total. The largest absolute Gasteiger partial charge is 0.387 e. The van der Waals surface area contributed by atoms with E-state index in [1.807, 2.05) is 17.7 Å². The monoisotopic (exact) mass is 198 g/mol. The summed E-state index contributed by atoms with van der Waals surface area (Å²) in [5.74, 6) is 0. The van der Waals surface area contributed by atoms with Gasteiger partial charge < -0.3 is 9.84 Å². The van der Waals surface area contributed by atoms with Crippen LogP contribution in [0.2, 0.25) is 0 Å². The van der Waals surface area contributed by atoms with Gasteiger partial charge in [0.15, 0.2) is 0 Å². The normalized spacial score (nSPS) is 13.1. The van der Waals surface area contributed by atoms with E-state index in [0.29, 0.717) is 6.61 Å². The number of methoxy groups -OCH3 is 1. The van der Waals surface area contributed by atoms with Gasteiger partial charge in [0, 0.05) is 26.5 Å². The van der Waals surface area contributed by atoms with Gasteiger partial charge in [-0.2, -0.15) is 5.10 Å². The smallest absolute Gasteiger partial charge is 0.0957 e. The molecule has 1 aromatic rings. The molecule has 1 heterocycles. The molecule has 0 radical (unpaired) electrons. The summed E-state index contributed by atoms with van der Waals surface area (Å²) in [5, 5.41) is 13.9. The zero-order valence-corrected chi connectivity index (χ0v) is 8.81. The van der Waals surface area contributed by atoms with Crippen LogP contribution < -0.4 is 0 Å². The minimum atomic E-state index is -0.424. The van der Waals surface area contributed by atoms with Gasteiger partial charge in [-0.1, -0.05) is 0 Å². The summed E-state index contributed by atoms with van der Waals surface area (Å²) >= 11 is 0. The average Bonchev–Trinajstić information content (AvgIpc) is 2.65. The molecule has 1 unspecified atom stereocenters. The van der Waals surface area contributed by atoms with E-state index in [1.165, 1.54) is 0 Å². The highest BCUT2D eigenvalue weighted by atomic mass is 16.5. The van der Waals surface area contributed by atoms with Gasteiger partial charge in [0.05, 0.1) is 11.8 Å². The number of hydrogen-bond donors (Lipinski definition) is 1. The van der Waals surface area contributed by atoms with Gasteiger partial charge in [0.25, 0.3) is 0 Å². The highest BCUT2D eigenvalue weighted by Crippen LogP contribution is 2.17. The van der Waals surface area contributed by atoms with Crippen LogP contribution in [-0.2, 0) is 11.3 Å². The maximum Gasteiger partial charge on any atom is 0.0957 e. The van der Waals surface area contributed by atoms with Crippen LogP contribution >= 0.6 is 0 Å². The summed E-state index contributed by atoms with van der Waals surface area (Å²) < 4.78 is 6.75. The highest BCUT2D eigenvalue weighted by Gasteiger charge is 2.11. The number of hydrogen-bond acceptors (Lipinski definition) is 3. The third kappa shape index (κ3) is 2.82. The minimum absolute atomic E-state index is 0.424. The fourth-order valence-corrected chi connectivity index (χ4v) is 1.46. The standard InChI is InChI=1S/C10H18N2O2/c1-3-12-9(6-7-11-12)10(13)5-4-8-14-2/h6-7,10,13H,3-5,8H2,1-2H3. The first-order valence-corrected chi connectivity index (χ1v) is 4.98. The molecule has 80 valence electrons. The number of aryl methyl sites for hydroxylation is 1. The summed E-state index contributed by atoms with van der Waals surface area (Å²) in [6.07, 6.45) is 2.89. The second-order valence-corrected chi connectivity index (χ2v) is 3.22. The number of rotatable bonds is 6. The van der Waals surface area contributed by atoms with Crippen molar-refractivity contribution in [3.8, 4) is 0 Å². The summed E-state index contributed by atoms with van der Waals surface area (Å²) in [7, 11) is 1.67. The van der Waals surface area contributed by atoms with Gasteiger partial charge in [-0.25, -0.2) is 0 Å². The highest BCUT2D eigenvalue weighted by molar-refractivity contribution is 5.04. The molecule has 4 heteroatoms. The number of nitrogens with zero attached hydrogens (tertiary/aromatic N) is 2. The Labute approximate surface area is 84.5 Å². The third-order valence-electron chi connectivity index (χ3n) is 2.22. The van der Waals surface area contributed by atoms with Crippen LogP contribution in [0.15, 0.2) is 12.3 Å². The lowest BCUT2D eigenvalue weighted by molar-refractivity contribution is 0.129. The molecule has 1 N–H and O–H groups in total. The molecular formula is C10H18N2O2. The fourth-order valence-electron chi connectivity index (χ4n) is 1.46. The van der Waals surface area contributed by atoms with Crippen LogP contribution in [0.4, 0.5) is 0 Å². The van der Waals surface area contributed by atoms with Crippen molar-refractivity contribution in [3.05, 3.63) is 18.0 Å². The lowest BCUT2D eigenvalue weighted by Crippen LogP contribution is -2.08. The van der Waals surface area contributed by atoms with E-state index in [1.54, 1.807) is 13.3 Å². The van der Waals surface area contributed by atoms with E-state index in [0.717, 1.165) is 25.1 Å². The van der Waals surface area contributed by atoms with Crippen LogP contribution in [0.5, 0.6) is 0 Å². The van der Waals surface area contributed by atoms with E-state index in [4.69, 9.17) is 4.74 Å². The van der Waals surface area contributed by atoms with Gasteiger partial charge in [-0.3, -0.25) is 4.68 Å². The van der Waals surface area contributed by atoms with E-state index >= 15 is 0 Å². The molecule has 1 rings (SSSR count). The van der Waals surface area contributed by atoms with Crippen LogP contribution in [-0.4, -0.2) is 28.6 Å². The van der Waals surface area contributed by atoms with Crippen LogP contribution in [0.3, 0.4) is 0 Å². The molecule has 0 fully saturated rings. The second kappa shape index (κ2) is 5.78. The number of aromatic nitrogens is 2. The summed E-state index contributed by atoms with van der Waals surface area (Å²) in [6.45, 7) is 3.50. The molecule has 1 atom stereocenters. The van der Waals surface area contributed by atoms with E-state index in [-0.39, 0.29) is 0 Å². The Morgan fingerprint density at radius 3 is 3.07 bits per heavy atom. The van der Waals surface area contributed by atoms with Gasteiger partial charge in [0.2, 0.25) is 0 Å². The molecule has 1 aromatic heterocycles. The average molecular weight is 198 g/mol. The Hall–Kier alpha value is -0.870. The fraction of sp³-hybridized carbons (Fsp3) is 0.700. The van der Waals surface area contributed by atoms with Crippen LogP contribution in [0.1, 0.15) is 31.6 Å². The first-order valence-electron chi connectivity index (χ1n) is 4.98. The Morgan fingerprint density at radius 1 is 1.64 bits per heavy atom. The second-order valence-electron chi connectivity index (χ2n) is 3.22. The molecule has 0 aliphatic rings. The van der Waals surface area contributed by atoms with Gasteiger partial charge in [0.1, 0.15) is 0 Å². The van der Waals surface area contributed by atoms with Gasteiger partial charge in [-0.15, -0.1) is 0 Å². The van der Waals surface area contributed by atoms with Crippen molar-refractivity contribution in [1.29, 1.82) is 0 Å². The van der Waals surface area contributed by atoms with Crippen molar-refractivity contribution in [2.45, 2.75) is 32.4 Å². The molecular weight excluding hydrogens is 180 g/mol. The van der Waals surface area contributed by atoms with E-state index in [2.05, 4.69) is 5.10 Å². The molecule has 0 spiro atoms. The molecule has 0 aliphatic heterocycles. The van der Waals surface area contributed by atoms with Crippen molar-refractivity contribution in [1.82, 2.24) is 9.78 Å². The third-order valence-corrected chi connectivity index (χ3v) is 2.22. The zero-order chi connectivity index (χ0) is 10.4. The van der Waals surface area contributed by atoms with Gasteiger partial charge in [-0.05, 0) is 25.8 Å². The number of aliphatic hydroxyl groups excluding tert-OH is 1. The summed E-state index contributed by atoms with van der Waals surface area (Å²) in [5.41, 5.74) is 0.892. The summed E-state index contributed by atoms with van der Waals surface area (Å²) in [6, 6.07) is 1.86. The van der Waals surface area contributed by atoms with Crippen molar-refractivity contribution >= 4 is 0 Å². The Kier molecular flexibility index (Phi) is 4.62. The number of ether oxygens (including phenoxy) is 1. The maximum atomic E-state index is 9.83. The van der Waals surface area contributed by atoms with Crippen molar-refractivity contribution in [2.24, 2.45) is 0 Å². The van der Waals surface area contributed by atoms with Crippen LogP contribution in [0, 0.1) is 0 Å². The Balaban J connectivity index is 2.47. The number of aliphatic hydroxyl groups is 1. The first-order chi connectivity index (χ1) is 6.79. The predicted octanol–water partition coefficient (Wildman–Crippen LogP) is 1.36. The minimum Gasteiger partial charge on any atom is -0.387 e.